The number of rotatable bonds is 3. The minimum absolute atomic E-state index is 0.414. The highest BCUT2D eigenvalue weighted by Gasteiger charge is 2.07. The van der Waals surface area contributed by atoms with Gasteiger partial charge in [-0.2, -0.15) is 0 Å². The van der Waals surface area contributed by atoms with Crippen molar-refractivity contribution in [2.24, 2.45) is 0 Å². The molecule has 0 radical (unpaired) electrons. The smallest absolute Gasteiger partial charge is 0.336 e. The number of carbonyl (C=O) groups excluding carboxylic acids is 1. The van der Waals surface area contributed by atoms with E-state index in [1.54, 1.807) is 18.2 Å². The number of hydrogen-bond acceptors (Lipinski definition) is 2. The van der Waals surface area contributed by atoms with Crippen molar-refractivity contribution in [1.29, 1.82) is 0 Å². The molecule has 0 aromatic heterocycles. The molecule has 0 heterocycles. The Bertz CT molecular complexity index is 607. The predicted molar refractivity (Wildman–Crippen MR) is 83.0 cm³/mol. The van der Waals surface area contributed by atoms with Crippen LogP contribution in [0.1, 0.15) is 5.56 Å². The average molecular weight is 382 g/mol. The molecular formula is C15H10Br2O2. The quantitative estimate of drug-likeness (QED) is 0.432. The molecule has 96 valence electrons. The van der Waals surface area contributed by atoms with E-state index in [9.17, 15) is 4.79 Å². The van der Waals surface area contributed by atoms with E-state index in [0.717, 1.165) is 14.5 Å². The second-order valence-corrected chi connectivity index (χ2v) is 5.36. The zero-order valence-corrected chi connectivity index (χ0v) is 13.0. The van der Waals surface area contributed by atoms with E-state index >= 15 is 0 Å². The van der Waals surface area contributed by atoms with Gasteiger partial charge in [0, 0.05) is 10.5 Å². The first-order chi connectivity index (χ1) is 9.16. The number of carbonyl (C=O) groups is 1. The first-order valence-corrected chi connectivity index (χ1v) is 7.14. The van der Waals surface area contributed by atoms with Crippen molar-refractivity contribution >= 4 is 43.9 Å². The van der Waals surface area contributed by atoms with Gasteiger partial charge < -0.3 is 4.74 Å². The highest BCUT2D eigenvalue weighted by atomic mass is 79.9. The largest absolute Gasteiger partial charge is 0.422 e. The van der Waals surface area contributed by atoms with Gasteiger partial charge in [0.2, 0.25) is 0 Å². The van der Waals surface area contributed by atoms with Crippen LogP contribution in [0, 0.1) is 0 Å². The first-order valence-electron chi connectivity index (χ1n) is 5.56. The molecule has 2 aromatic carbocycles. The van der Waals surface area contributed by atoms with Crippen molar-refractivity contribution in [1.82, 2.24) is 0 Å². The van der Waals surface area contributed by atoms with Gasteiger partial charge in [0.25, 0.3) is 0 Å². The van der Waals surface area contributed by atoms with Crippen molar-refractivity contribution in [3.8, 4) is 5.75 Å². The van der Waals surface area contributed by atoms with E-state index in [-0.39, 0.29) is 0 Å². The Labute approximate surface area is 128 Å². The lowest BCUT2D eigenvalue weighted by Crippen LogP contribution is -2.04. The molecule has 19 heavy (non-hydrogen) atoms. The summed E-state index contributed by atoms with van der Waals surface area (Å²) in [6.07, 6.45) is 3.12. The maximum absolute atomic E-state index is 11.7. The molecule has 0 saturated carbocycles. The molecule has 2 rings (SSSR count). The Hall–Kier alpha value is -1.39. The van der Waals surface area contributed by atoms with E-state index in [1.807, 2.05) is 36.4 Å². The van der Waals surface area contributed by atoms with Gasteiger partial charge in [-0.3, -0.25) is 0 Å². The van der Waals surface area contributed by atoms with E-state index in [4.69, 9.17) is 4.74 Å². The van der Waals surface area contributed by atoms with Gasteiger partial charge in [0.15, 0.2) is 0 Å². The zero-order valence-electron chi connectivity index (χ0n) is 9.85. The molecule has 0 aliphatic carbocycles. The van der Waals surface area contributed by atoms with Crippen molar-refractivity contribution in [2.75, 3.05) is 0 Å². The van der Waals surface area contributed by atoms with Gasteiger partial charge in [0.05, 0.1) is 4.47 Å². The maximum Gasteiger partial charge on any atom is 0.336 e. The zero-order chi connectivity index (χ0) is 13.7. The van der Waals surface area contributed by atoms with Crippen LogP contribution >= 0.6 is 31.9 Å². The molecule has 2 aromatic rings. The van der Waals surface area contributed by atoms with Crippen LogP contribution in [0.25, 0.3) is 6.08 Å². The summed E-state index contributed by atoms with van der Waals surface area (Å²) >= 11 is 6.71. The summed E-state index contributed by atoms with van der Waals surface area (Å²) in [7, 11) is 0. The van der Waals surface area contributed by atoms with Crippen molar-refractivity contribution < 1.29 is 9.53 Å². The second-order valence-electron chi connectivity index (χ2n) is 3.72. The summed E-state index contributed by atoms with van der Waals surface area (Å²) in [5, 5.41) is 0. The third-order valence-electron chi connectivity index (χ3n) is 2.34. The van der Waals surface area contributed by atoms with Crippen LogP contribution in [-0.2, 0) is 4.79 Å². The normalized spacial score (nSPS) is 10.6. The number of esters is 1. The molecule has 0 amide bonds. The Morgan fingerprint density at radius 1 is 1.00 bits per heavy atom. The Kier molecular flexibility index (Phi) is 4.93. The summed E-state index contributed by atoms with van der Waals surface area (Å²) in [6, 6.07) is 15.0. The molecule has 0 bridgehead atoms. The fourth-order valence-corrected chi connectivity index (χ4v) is 2.13. The maximum atomic E-state index is 11.7. The number of benzene rings is 2. The van der Waals surface area contributed by atoms with Crippen molar-refractivity contribution in [2.45, 2.75) is 0 Å². The summed E-state index contributed by atoms with van der Waals surface area (Å²) in [5.41, 5.74) is 0.952. The first kappa shape index (κ1) is 14.0. The van der Waals surface area contributed by atoms with Gasteiger partial charge in [-0.15, -0.1) is 0 Å². The third-order valence-corrected chi connectivity index (χ3v) is 4.35. The van der Waals surface area contributed by atoms with Crippen LogP contribution < -0.4 is 4.74 Å². The standard InChI is InChI=1S/C15H10Br2O2/c16-12-7-4-8-13(15(12)17)19-14(18)10-9-11-5-2-1-3-6-11/h1-10H/b10-9+. The average Bonchev–Trinajstić information content (AvgIpc) is 2.43. The van der Waals surface area contributed by atoms with E-state index in [0.29, 0.717) is 5.75 Å². The van der Waals surface area contributed by atoms with Crippen LogP contribution in [0.2, 0.25) is 0 Å². The third kappa shape index (κ3) is 4.04. The highest BCUT2D eigenvalue weighted by Crippen LogP contribution is 2.32. The molecule has 0 aliphatic heterocycles. The fourth-order valence-electron chi connectivity index (χ4n) is 1.43. The SMILES string of the molecule is O=C(/C=C/c1ccccc1)Oc1cccc(Br)c1Br. The molecular weight excluding hydrogens is 372 g/mol. The number of hydrogen-bond donors (Lipinski definition) is 0. The Balaban J connectivity index is 2.06. The molecule has 0 fully saturated rings. The van der Waals surface area contributed by atoms with Crippen LogP contribution in [0.4, 0.5) is 0 Å². The van der Waals surface area contributed by atoms with Crippen LogP contribution in [0.5, 0.6) is 5.75 Å². The summed E-state index contributed by atoms with van der Waals surface area (Å²) in [5.74, 6) is 0.0692. The van der Waals surface area contributed by atoms with E-state index in [1.165, 1.54) is 6.08 Å². The van der Waals surface area contributed by atoms with Gasteiger partial charge in [-0.05, 0) is 55.6 Å². The van der Waals surface area contributed by atoms with Gasteiger partial charge in [0.1, 0.15) is 5.75 Å². The summed E-state index contributed by atoms with van der Waals surface area (Å²) in [6.45, 7) is 0. The molecule has 0 aliphatic rings. The van der Waals surface area contributed by atoms with Crippen LogP contribution in [0.3, 0.4) is 0 Å². The Morgan fingerprint density at radius 2 is 1.74 bits per heavy atom. The molecule has 2 nitrogen and oxygen atoms in total. The lowest BCUT2D eigenvalue weighted by molar-refractivity contribution is -0.128. The van der Waals surface area contributed by atoms with Crippen LogP contribution in [0.15, 0.2) is 63.6 Å². The lowest BCUT2D eigenvalue weighted by Gasteiger charge is -2.05. The van der Waals surface area contributed by atoms with Crippen molar-refractivity contribution in [3.05, 3.63) is 69.1 Å². The minimum Gasteiger partial charge on any atom is -0.422 e. The fraction of sp³-hybridized carbons (Fsp3) is 0. The number of halogens is 2. The predicted octanol–water partition coefficient (Wildman–Crippen LogP) is 4.83. The lowest BCUT2D eigenvalue weighted by atomic mass is 10.2. The summed E-state index contributed by atoms with van der Waals surface area (Å²) < 4.78 is 6.80. The van der Waals surface area contributed by atoms with Crippen molar-refractivity contribution in [3.63, 3.8) is 0 Å². The highest BCUT2D eigenvalue weighted by molar-refractivity contribution is 9.13. The molecule has 0 N–H and O–H groups in total. The number of ether oxygens (including phenoxy) is 1. The molecule has 0 unspecified atom stereocenters. The van der Waals surface area contributed by atoms with E-state index < -0.39 is 5.97 Å². The van der Waals surface area contributed by atoms with Crippen LogP contribution in [-0.4, -0.2) is 5.97 Å². The van der Waals surface area contributed by atoms with E-state index in [2.05, 4.69) is 31.9 Å². The molecule has 0 atom stereocenters. The summed E-state index contributed by atoms with van der Waals surface area (Å²) in [4.78, 5) is 11.7. The monoisotopic (exact) mass is 380 g/mol. The molecule has 0 spiro atoms. The molecule has 4 heteroatoms. The topological polar surface area (TPSA) is 26.3 Å². The molecule has 0 saturated heterocycles. The second kappa shape index (κ2) is 6.68. The minimum atomic E-state index is -0.414. The van der Waals surface area contributed by atoms with Gasteiger partial charge in [-0.25, -0.2) is 4.79 Å². The Morgan fingerprint density at radius 3 is 2.47 bits per heavy atom. The van der Waals surface area contributed by atoms with Gasteiger partial charge in [-0.1, -0.05) is 36.4 Å². The van der Waals surface area contributed by atoms with Gasteiger partial charge >= 0.3 is 5.97 Å².